The molecule has 1 heterocycles. The molecule has 0 atom stereocenters. The van der Waals surface area contributed by atoms with Crippen molar-refractivity contribution in [1.29, 1.82) is 0 Å². The monoisotopic (exact) mass is 191 g/mol. The summed E-state index contributed by atoms with van der Waals surface area (Å²) in [4.78, 5) is 4.63. The standard InChI is InChI=1S/C6H9NO2S2/c1-3-5-6(7-4-10-5)11(2,8)9/h4H,3H2,1-2H3. The maximum atomic E-state index is 11.0. The molecule has 0 saturated heterocycles. The molecule has 1 aromatic heterocycles. The van der Waals surface area contributed by atoms with E-state index in [1.54, 1.807) is 5.51 Å². The highest BCUT2D eigenvalue weighted by atomic mass is 32.2. The number of aryl methyl sites for hydroxylation is 1. The first-order valence-corrected chi connectivity index (χ1v) is 5.95. The molecule has 0 amide bonds. The third kappa shape index (κ3) is 1.78. The van der Waals surface area contributed by atoms with Crippen LogP contribution in [-0.4, -0.2) is 19.7 Å². The van der Waals surface area contributed by atoms with E-state index < -0.39 is 9.84 Å². The second kappa shape index (κ2) is 2.91. The molecule has 0 aliphatic heterocycles. The molecule has 0 saturated carbocycles. The molecule has 0 radical (unpaired) electrons. The minimum atomic E-state index is -3.10. The third-order valence-electron chi connectivity index (χ3n) is 1.28. The van der Waals surface area contributed by atoms with Gasteiger partial charge in [0.1, 0.15) is 0 Å². The zero-order valence-corrected chi connectivity index (χ0v) is 8.00. The number of sulfone groups is 1. The van der Waals surface area contributed by atoms with Gasteiger partial charge in [0, 0.05) is 11.1 Å². The van der Waals surface area contributed by atoms with Crippen LogP contribution in [0.25, 0.3) is 0 Å². The summed E-state index contributed by atoms with van der Waals surface area (Å²) in [6.45, 7) is 1.92. The predicted molar refractivity (Wildman–Crippen MR) is 44.6 cm³/mol. The van der Waals surface area contributed by atoms with Crippen molar-refractivity contribution in [3.63, 3.8) is 0 Å². The summed E-state index contributed by atoms with van der Waals surface area (Å²) in [7, 11) is -3.10. The maximum absolute atomic E-state index is 11.0. The molecule has 62 valence electrons. The fourth-order valence-corrected chi connectivity index (χ4v) is 2.87. The molecule has 0 fully saturated rings. The van der Waals surface area contributed by atoms with E-state index in [2.05, 4.69) is 4.98 Å². The Morgan fingerprint density at radius 2 is 2.27 bits per heavy atom. The summed E-state index contributed by atoms with van der Waals surface area (Å²) in [5.74, 6) is 0. The van der Waals surface area contributed by atoms with Gasteiger partial charge in [0.15, 0.2) is 14.9 Å². The molecule has 5 heteroatoms. The number of thiazole rings is 1. The molecule has 0 N–H and O–H groups in total. The molecule has 11 heavy (non-hydrogen) atoms. The van der Waals surface area contributed by atoms with E-state index >= 15 is 0 Å². The van der Waals surface area contributed by atoms with Crippen LogP contribution >= 0.6 is 11.3 Å². The van der Waals surface area contributed by atoms with Crippen molar-refractivity contribution in [2.75, 3.05) is 6.26 Å². The molecular weight excluding hydrogens is 182 g/mol. The summed E-state index contributed by atoms with van der Waals surface area (Å²) in [5, 5.41) is 0.241. The third-order valence-corrected chi connectivity index (χ3v) is 3.44. The largest absolute Gasteiger partial charge is 0.233 e. The smallest absolute Gasteiger partial charge is 0.193 e. The lowest BCUT2D eigenvalue weighted by Crippen LogP contribution is -2.00. The van der Waals surface area contributed by atoms with Crippen LogP contribution in [-0.2, 0) is 16.3 Å². The molecule has 3 nitrogen and oxygen atoms in total. The Morgan fingerprint density at radius 3 is 2.64 bits per heavy atom. The van der Waals surface area contributed by atoms with E-state index in [1.807, 2.05) is 6.92 Å². The van der Waals surface area contributed by atoms with Crippen LogP contribution in [0.4, 0.5) is 0 Å². The lowest BCUT2D eigenvalue weighted by molar-refractivity contribution is 0.598. The average molecular weight is 191 g/mol. The maximum Gasteiger partial charge on any atom is 0.193 e. The van der Waals surface area contributed by atoms with Crippen molar-refractivity contribution in [2.24, 2.45) is 0 Å². The number of rotatable bonds is 2. The lowest BCUT2D eigenvalue weighted by Gasteiger charge is -1.93. The minimum Gasteiger partial charge on any atom is -0.233 e. The number of hydrogen-bond donors (Lipinski definition) is 0. The first kappa shape index (κ1) is 8.67. The van der Waals surface area contributed by atoms with Gasteiger partial charge in [0.25, 0.3) is 0 Å². The molecule has 0 spiro atoms. The Kier molecular flexibility index (Phi) is 2.29. The summed E-state index contributed by atoms with van der Waals surface area (Å²) >= 11 is 1.39. The van der Waals surface area contributed by atoms with Crippen molar-refractivity contribution in [3.8, 4) is 0 Å². The van der Waals surface area contributed by atoms with Crippen LogP contribution < -0.4 is 0 Å². The van der Waals surface area contributed by atoms with Crippen molar-refractivity contribution in [3.05, 3.63) is 10.4 Å². The van der Waals surface area contributed by atoms with Crippen LogP contribution in [0.15, 0.2) is 10.5 Å². The molecule has 0 aliphatic carbocycles. The molecule has 0 aliphatic rings. The summed E-state index contributed by atoms with van der Waals surface area (Å²) < 4.78 is 22.0. The van der Waals surface area contributed by atoms with E-state index in [0.29, 0.717) is 0 Å². The van der Waals surface area contributed by atoms with E-state index in [0.717, 1.165) is 11.3 Å². The van der Waals surface area contributed by atoms with E-state index in [-0.39, 0.29) is 5.03 Å². The van der Waals surface area contributed by atoms with Gasteiger partial charge in [0.05, 0.1) is 5.51 Å². The topological polar surface area (TPSA) is 47.0 Å². The van der Waals surface area contributed by atoms with Gasteiger partial charge in [-0.05, 0) is 6.42 Å². The first-order chi connectivity index (χ1) is 5.05. The van der Waals surface area contributed by atoms with Crippen molar-refractivity contribution >= 4 is 21.2 Å². The van der Waals surface area contributed by atoms with Crippen LogP contribution in [0.3, 0.4) is 0 Å². The number of aromatic nitrogens is 1. The predicted octanol–water partition coefficient (Wildman–Crippen LogP) is 1.11. The Bertz CT molecular complexity index is 339. The first-order valence-electron chi connectivity index (χ1n) is 3.18. The van der Waals surface area contributed by atoms with Crippen LogP contribution in [0.2, 0.25) is 0 Å². The van der Waals surface area contributed by atoms with Gasteiger partial charge >= 0.3 is 0 Å². The highest BCUT2D eigenvalue weighted by molar-refractivity contribution is 7.90. The van der Waals surface area contributed by atoms with Crippen molar-refractivity contribution in [1.82, 2.24) is 4.98 Å². The zero-order valence-electron chi connectivity index (χ0n) is 6.36. The second-order valence-electron chi connectivity index (χ2n) is 2.21. The molecule has 1 rings (SSSR count). The van der Waals surface area contributed by atoms with E-state index in [1.165, 1.54) is 17.6 Å². The number of nitrogens with zero attached hydrogens (tertiary/aromatic N) is 1. The average Bonchev–Trinajstić information content (AvgIpc) is 2.31. The molecule has 0 bridgehead atoms. The van der Waals surface area contributed by atoms with Crippen LogP contribution in [0.1, 0.15) is 11.8 Å². The molecule has 0 unspecified atom stereocenters. The highest BCUT2D eigenvalue weighted by Gasteiger charge is 2.14. The Morgan fingerprint density at radius 1 is 1.64 bits per heavy atom. The van der Waals surface area contributed by atoms with Gasteiger partial charge in [-0.25, -0.2) is 13.4 Å². The molecule has 0 aromatic carbocycles. The SMILES string of the molecule is CCc1scnc1S(C)(=O)=O. The number of hydrogen-bond acceptors (Lipinski definition) is 4. The molecule has 1 aromatic rings. The minimum absolute atomic E-state index is 0.241. The second-order valence-corrected chi connectivity index (χ2v) is 5.08. The summed E-state index contributed by atoms with van der Waals surface area (Å²) in [6, 6.07) is 0. The van der Waals surface area contributed by atoms with Gasteiger partial charge in [-0.1, -0.05) is 6.92 Å². The van der Waals surface area contributed by atoms with Crippen molar-refractivity contribution in [2.45, 2.75) is 18.4 Å². The lowest BCUT2D eigenvalue weighted by atomic mass is 10.4. The Balaban J connectivity index is 3.24. The van der Waals surface area contributed by atoms with Crippen molar-refractivity contribution < 1.29 is 8.42 Å². The van der Waals surface area contributed by atoms with E-state index in [9.17, 15) is 8.42 Å². The fraction of sp³-hybridized carbons (Fsp3) is 0.500. The Labute approximate surface area is 70.0 Å². The highest BCUT2D eigenvalue weighted by Crippen LogP contribution is 2.18. The van der Waals surface area contributed by atoms with Gasteiger partial charge in [-0.2, -0.15) is 0 Å². The van der Waals surface area contributed by atoms with Gasteiger partial charge in [-0.3, -0.25) is 0 Å². The van der Waals surface area contributed by atoms with E-state index in [4.69, 9.17) is 0 Å². The summed E-state index contributed by atoms with van der Waals surface area (Å²) in [6.07, 6.45) is 1.91. The normalized spacial score (nSPS) is 11.8. The Hall–Kier alpha value is -0.420. The van der Waals surface area contributed by atoms with Crippen LogP contribution in [0, 0.1) is 0 Å². The van der Waals surface area contributed by atoms with Gasteiger partial charge < -0.3 is 0 Å². The molecular formula is C6H9NO2S2. The summed E-state index contributed by atoms with van der Waals surface area (Å²) in [5.41, 5.74) is 1.56. The quantitative estimate of drug-likeness (QED) is 0.703. The zero-order chi connectivity index (χ0) is 8.48. The van der Waals surface area contributed by atoms with Gasteiger partial charge in [0.2, 0.25) is 0 Å². The van der Waals surface area contributed by atoms with Gasteiger partial charge in [-0.15, -0.1) is 11.3 Å². The fourth-order valence-electron chi connectivity index (χ4n) is 0.797. The van der Waals surface area contributed by atoms with Crippen LogP contribution in [0.5, 0.6) is 0 Å².